The van der Waals surface area contributed by atoms with Crippen molar-refractivity contribution in [2.24, 2.45) is 0 Å². The van der Waals surface area contributed by atoms with Crippen molar-refractivity contribution >= 4 is 22.4 Å². The Labute approximate surface area is 114 Å². The highest BCUT2D eigenvalue weighted by atomic mass is 15.1. The number of fused-ring (bicyclic) bond motifs is 1. The fraction of sp³-hybridized carbons (Fsp3) is 0.400. The molecule has 0 bridgehead atoms. The van der Waals surface area contributed by atoms with Crippen LogP contribution in [0.2, 0.25) is 0 Å². The first-order valence-electron chi connectivity index (χ1n) is 6.66. The number of hydrogen-bond acceptors (Lipinski definition) is 4. The van der Waals surface area contributed by atoms with Crippen molar-refractivity contribution in [2.75, 3.05) is 31.2 Å². The molecule has 4 heteroatoms. The van der Waals surface area contributed by atoms with E-state index in [9.17, 15) is 0 Å². The normalized spacial score (nSPS) is 11.4. The molecular formula is C15H22N4. The average Bonchev–Trinajstić information content (AvgIpc) is 2.38. The zero-order chi connectivity index (χ0) is 13.8. The molecule has 0 unspecified atom stereocenters. The Morgan fingerprint density at radius 1 is 1.26 bits per heavy atom. The van der Waals surface area contributed by atoms with Gasteiger partial charge in [0.15, 0.2) is 0 Å². The van der Waals surface area contributed by atoms with Gasteiger partial charge in [0.25, 0.3) is 0 Å². The number of aromatic nitrogens is 1. The molecule has 0 atom stereocenters. The van der Waals surface area contributed by atoms with E-state index in [1.807, 2.05) is 30.3 Å². The molecule has 0 saturated heterocycles. The van der Waals surface area contributed by atoms with Crippen LogP contribution in [0.25, 0.3) is 10.9 Å². The number of benzene rings is 1. The van der Waals surface area contributed by atoms with Gasteiger partial charge < -0.3 is 16.0 Å². The minimum absolute atomic E-state index is 0.564. The van der Waals surface area contributed by atoms with Crippen LogP contribution in [0, 0.1) is 0 Å². The van der Waals surface area contributed by atoms with Crippen molar-refractivity contribution < 1.29 is 0 Å². The van der Waals surface area contributed by atoms with Crippen LogP contribution in [-0.2, 0) is 0 Å². The topological polar surface area (TPSA) is 54.2 Å². The monoisotopic (exact) mass is 258 g/mol. The summed E-state index contributed by atoms with van der Waals surface area (Å²) in [5.41, 5.74) is 7.50. The van der Waals surface area contributed by atoms with E-state index in [1.165, 1.54) is 0 Å². The maximum atomic E-state index is 5.75. The summed E-state index contributed by atoms with van der Waals surface area (Å²) >= 11 is 0. The van der Waals surface area contributed by atoms with E-state index in [-0.39, 0.29) is 0 Å². The molecule has 2 rings (SSSR count). The van der Waals surface area contributed by atoms with E-state index in [2.05, 4.69) is 36.1 Å². The quantitative estimate of drug-likeness (QED) is 0.809. The van der Waals surface area contributed by atoms with Crippen LogP contribution in [-0.4, -0.2) is 36.1 Å². The highest BCUT2D eigenvalue weighted by Crippen LogP contribution is 2.17. The molecule has 0 radical (unpaired) electrons. The molecule has 1 aromatic heterocycles. The molecule has 3 N–H and O–H groups in total. The van der Waals surface area contributed by atoms with Gasteiger partial charge in [-0.15, -0.1) is 0 Å². The maximum absolute atomic E-state index is 5.75. The molecule has 0 spiro atoms. The maximum Gasteiger partial charge on any atom is 0.126 e. The first-order valence-corrected chi connectivity index (χ1v) is 6.66. The molecule has 0 aliphatic rings. The molecule has 19 heavy (non-hydrogen) atoms. The van der Waals surface area contributed by atoms with Gasteiger partial charge in [0.05, 0.1) is 5.52 Å². The lowest BCUT2D eigenvalue weighted by molar-refractivity contribution is 0.284. The predicted octanol–water partition coefficient (Wildman–Crippen LogP) is 2.57. The van der Waals surface area contributed by atoms with Gasteiger partial charge in [-0.25, -0.2) is 4.98 Å². The summed E-state index contributed by atoms with van der Waals surface area (Å²) in [5.74, 6) is 0.912. The summed E-state index contributed by atoms with van der Waals surface area (Å²) in [6, 6.07) is 10.4. The van der Waals surface area contributed by atoms with Crippen LogP contribution < -0.4 is 11.1 Å². The van der Waals surface area contributed by atoms with E-state index in [0.29, 0.717) is 6.04 Å². The molecule has 4 nitrogen and oxygen atoms in total. The minimum atomic E-state index is 0.564. The third-order valence-electron chi connectivity index (χ3n) is 3.37. The van der Waals surface area contributed by atoms with Gasteiger partial charge in [0.2, 0.25) is 0 Å². The van der Waals surface area contributed by atoms with Gasteiger partial charge >= 0.3 is 0 Å². The third kappa shape index (κ3) is 3.58. The minimum Gasteiger partial charge on any atom is -0.399 e. The second kappa shape index (κ2) is 5.89. The lowest BCUT2D eigenvalue weighted by atomic mass is 10.2. The highest BCUT2D eigenvalue weighted by Gasteiger charge is 2.03. The number of nitrogens with two attached hydrogens (primary N) is 1. The molecule has 2 aromatic rings. The lowest BCUT2D eigenvalue weighted by Gasteiger charge is -2.21. The van der Waals surface area contributed by atoms with E-state index in [1.54, 1.807) is 0 Å². The third-order valence-corrected chi connectivity index (χ3v) is 3.37. The van der Waals surface area contributed by atoms with Crippen molar-refractivity contribution in [1.82, 2.24) is 9.88 Å². The number of nitrogens with zero attached hydrogens (tertiary/aromatic N) is 2. The Morgan fingerprint density at radius 3 is 2.79 bits per heavy atom. The number of hydrogen-bond donors (Lipinski definition) is 2. The van der Waals surface area contributed by atoms with E-state index < -0.39 is 0 Å². The van der Waals surface area contributed by atoms with Crippen molar-refractivity contribution in [3.8, 4) is 0 Å². The molecule has 0 amide bonds. The zero-order valence-electron chi connectivity index (χ0n) is 11.9. The van der Waals surface area contributed by atoms with Crippen molar-refractivity contribution in [1.29, 1.82) is 0 Å². The Bertz CT molecular complexity index is 551. The number of nitrogens with one attached hydrogen (secondary N) is 1. The van der Waals surface area contributed by atoms with Crippen molar-refractivity contribution in [3.05, 3.63) is 30.3 Å². The van der Waals surface area contributed by atoms with Crippen molar-refractivity contribution in [2.45, 2.75) is 19.9 Å². The van der Waals surface area contributed by atoms with E-state index in [4.69, 9.17) is 5.73 Å². The van der Waals surface area contributed by atoms with Crippen LogP contribution in [0.15, 0.2) is 30.3 Å². The lowest BCUT2D eigenvalue weighted by Crippen LogP contribution is -2.31. The Kier molecular flexibility index (Phi) is 4.22. The molecule has 0 fully saturated rings. The van der Waals surface area contributed by atoms with Crippen molar-refractivity contribution in [3.63, 3.8) is 0 Å². The summed E-state index contributed by atoms with van der Waals surface area (Å²) in [5, 5.41) is 4.43. The number of likely N-dealkylation sites (N-methyl/N-ethyl adjacent to an activating group) is 1. The first-order chi connectivity index (χ1) is 9.06. The standard InChI is InChI=1S/C15H22N4/c1-11(2)19(3)9-8-17-15-7-4-12-10-13(16)5-6-14(12)18-15/h4-7,10-11H,8-9,16H2,1-3H3,(H,17,18). The number of pyridine rings is 1. The number of anilines is 2. The van der Waals surface area contributed by atoms with Gasteiger partial charge in [-0.05, 0) is 51.2 Å². The Morgan fingerprint density at radius 2 is 2.05 bits per heavy atom. The SMILES string of the molecule is CC(C)N(C)CCNc1ccc2cc(N)ccc2n1. The van der Waals surface area contributed by atoms with Crippen LogP contribution in [0.3, 0.4) is 0 Å². The van der Waals surface area contributed by atoms with E-state index >= 15 is 0 Å². The van der Waals surface area contributed by atoms with Gasteiger partial charge in [0, 0.05) is 30.2 Å². The largest absolute Gasteiger partial charge is 0.399 e. The van der Waals surface area contributed by atoms with Gasteiger partial charge in [-0.3, -0.25) is 0 Å². The highest BCUT2D eigenvalue weighted by molar-refractivity contribution is 5.83. The molecule has 0 aliphatic carbocycles. The van der Waals surface area contributed by atoms with Crippen LogP contribution in [0.1, 0.15) is 13.8 Å². The summed E-state index contributed by atoms with van der Waals surface area (Å²) in [7, 11) is 2.13. The fourth-order valence-electron chi connectivity index (χ4n) is 1.86. The Hall–Kier alpha value is -1.81. The summed E-state index contributed by atoms with van der Waals surface area (Å²) in [6.45, 7) is 6.28. The second-order valence-electron chi connectivity index (χ2n) is 5.15. The molecule has 1 heterocycles. The van der Waals surface area contributed by atoms with E-state index in [0.717, 1.165) is 35.5 Å². The first kappa shape index (κ1) is 13.6. The van der Waals surface area contributed by atoms with Gasteiger partial charge in [-0.2, -0.15) is 0 Å². The van der Waals surface area contributed by atoms with Crippen LogP contribution in [0.4, 0.5) is 11.5 Å². The number of rotatable bonds is 5. The van der Waals surface area contributed by atoms with Gasteiger partial charge in [0.1, 0.15) is 5.82 Å². The zero-order valence-corrected chi connectivity index (χ0v) is 11.9. The number of nitrogen functional groups attached to an aromatic ring is 1. The van der Waals surface area contributed by atoms with Gasteiger partial charge in [-0.1, -0.05) is 0 Å². The predicted molar refractivity (Wildman–Crippen MR) is 82.4 cm³/mol. The molecule has 1 aromatic carbocycles. The fourth-order valence-corrected chi connectivity index (χ4v) is 1.86. The van der Waals surface area contributed by atoms with Crippen LogP contribution in [0.5, 0.6) is 0 Å². The average molecular weight is 258 g/mol. The second-order valence-corrected chi connectivity index (χ2v) is 5.15. The Balaban J connectivity index is 2.00. The van der Waals surface area contributed by atoms with Crippen LogP contribution >= 0.6 is 0 Å². The molecular weight excluding hydrogens is 236 g/mol. The summed E-state index contributed by atoms with van der Waals surface area (Å²) < 4.78 is 0. The summed E-state index contributed by atoms with van der Waals surface area (Å²) in [6.07, 6.45) is 0. The molecule has 0 saturated carbocycles. The molecule has 0 aliphatic heterocycles. The molecule has 102 valence electrons. The summed E-state index contributed by atoms with van der Waals surface area (Å²) in [4.78, 5) is 6.87. The smallest absolute Gasteiger partial charge is 0.126 e.